The Hall–Kier alpha value is -3.57. The molecule has 0 N–H and O–H groups in total. The molecule has 198 valence electrons. The summed E-state index contributed by atoms with van der Waals surface area (Å²) >= 11 is 0. The number of carbonyl (C=O) groups excluding carboxylic acids is 2. The molecule has 2 saturated heterocycles. The molecule has 0 bridgehead atoms. The lowest BCUT2D eigenvalue weighted by molar-refractivity contribution is -0.138. The maximum Gasteiger partial charge on any atom is 0.416 e. The maximum atomic E-state index is 13.8. The van der Waals surface area contributed by atoms with Crippen LogP contribution in [0.3, 0.4) is 0 Å². The molecule has 1 aromatic heterocycles. The molecule has 3 aliphatic heterocycles. The maximum absolute atomic E-state index is 13.8. The van der Waals surface area contributed by atoms with Crippen LogP contribution in [-0.4, -0.2) is 90.2 Å². The summed E-state index contributed by atoms with van der Waals surface area (Å²) in [5.41, 5.74) is 0.563. The molecule has 5 rings (SSSR count). The Bertz CT molecular complexity index is 1140. The second kappa shape index (κ2) is 10.1. The minimum absolute atomic E-state index is 0.109. The lowest BCUT2D eigenvalue weighted by atomic mass is 9.82. The van der Waals surface area contributed by atoms with Gasteiger partial charge in [0.05, 0.1) is 30.3 Å². The Morgan fingerprint density at radius 1 is 1.05 bits per heavy atom. The fourth-order valence-electron chi connectivity index (χ4n) is 5.51. The molecule has 0 saturated carbocycles. The molecule has 4 heterocycles. The number of benzene rings is 1. The quantitative estimate of drug-likeness (QED) is 0.618. The summed E-state index contributed by atoms with van der Waals surface area (Å²) in [6, 6.07) is 3.58. The fraction of sp³-hybridized carbons (Fsp3) is 0.520. The fourth-order valence-corrected chi connectivity index (χ4v) is 5.51. The second-order valence-electron chi connectivity index (χ2n) is 9.43. The lowest BCUT2D eigenvalue weighted by Crippen LogP contribution is -2.62. The van der Waals surface area contributed by atoms with Gasteiger partial charge in [0.2, 0.25) is 5.91 Å². The van der Waals surface area contributed by atoms with E-state index in [9.17, 15) is 22.8 Å². The van der Waals surface area contributed by atoms with Crippen LogP contribution in [0.4, 0.5) is 29.5 Å². The van der Waals surface area contributed by atoms with Crippen LogP contribution in [0.5, 0.6) is 0 Å². The molecule has 3 aliphatic rings. The third-order valence-electron chi connectivity index (χ3n) is 7.35. The number of amides is 2. The average molecular weight is 519 g/mol. The lowest BCUT2D eigenvalue weighted by Gasteiger charge is -2.50. The van der Waals surface area contributed by atoms with Crippen LogP contribution in [0, 0.1) is 5.92 Å². The van der Waals surface area contributed by atoms with Crippen LogP contribution in [-0.2, 0) is 22.1 Å². The van der Waals surface area contributed by atoms with Gasteiger partial charge in [0.25, 0.3) is 0 Å². The average Bonchev–Trinajstić information content (AvgIpc) is 2.91. The van der Waals surface area contributed by atoms with E-state index in [1.165, 1.54) is 12.1 Å². The number of alkyl halides is 3. The van der Waals surface area contributed by atoms with Crippen molar-refractivity contribution in [3.05, 3.63) is 47.9 Å². The van der Waals surface area contributed by atoms with Gasteiger partial charge in [-0.3, -0.25) is 9.78 Å². The van der Waals surface area contributed by atoms with E-state index >= 15 is 0 Å². The molecular weight excluding hydrogens is 489 g/mol. The molecule has 2 aromatic rings. The van der Waals surface area contributed by atoms with Crippen molar-refractivity contribution in [3.63, 3.8) is 0 Å². The second-order valence-corrected chi connectivity index (χ2v) is 9.43. The van der Waals surface area contributed by atoms with E-state index in [2.05, 4.69) is 19.8 Å². The van der Waals surface area contributed by atoms with Gasteiger partial charge >= 0.3 is 12.3 Å². The van der Waals surface area contributed by atoms with E-state index < -0.39 is 23.8 Å². The molecule has 2 unspecified atom stereocenters. The van der Waals surface area contributed by atoms with Crippen LogP contribution in [0.2, 0.25) is 0 Å². The number of ether oxygens (including phenoxy) is 1. The van der Waals surface area contributed by atoms with E-state index in [1.807, 2.05) is 0 Å². The van der Waals surface area contributed by atoms with E-state index in [0.717, 1.165) is 11.8 Å². The summed E-state index contributed by atoms with van der Waals surface area (Å²) in [5.74, 6) is 0.0572. The van der Waals surface area contributed by atoms with Crippen LogP contribution in [0.1, 0.15) is 18.1 Å². The summed E-state index contributed by atoms with van der Waals surface area (Å²) in [4.78, 5) is 41.9. The van der Waals surface area contributed by atoms with Crippen LogP contribution < -0.4 is 9.80 Å². The first-order chi connectivity index (χ1) is 17.8. The number of rotatable bonds is 3. The van der Waals surface area contributed by atoms with Gasteiger partial charge in [-0.2, -0.15) is 13.2 Å². The molecule has 9 nitrogen and oxygen atoms in total. The molecule has 0 spiro atoms. The molecule has 2 atom stereocenters. The number of carbonyl (C=O) groups is 2. The molecule has 0 aliphatic carbocycles. The molecule has 37 heavy (non-hydrogen) atoms. The van der Waals surface area contributed by atoms with Gasteiger partial charge < -0.3 is 24.3 Å². The SMILES string of the molecule is CCOC(=O)N1CCN(C(=O)C2Cc3cc(C(F)(F)F)ccc3N3CCN(c4cnccn4)CC23)CC1. The minimum atomic E-state index is -4.46. The third kappa shape index (κ3) is 5.01. The highest BCUT2D eigenvalue weighted by molar-refractivity contribution is 5.83. The van der Waals surface area contributed by atoms with Gasteiger partial charge in [-0.15, -0.1) is 0 Å². The molecule has 12 heteroatoms. The first-order valence-corrected chi connectivity index (χ1v) is 12.4. The van der Waals surface area contributed by atoms with Gasteiger partial charge in [0.1, 0.15) is 5.82 Å². The monoisotopic (exact) mass is 518 g/mol. The molecule has 2 amide bonds. The molecule has 2 fully saturated rings. The van der Waals surface area contributed by atoms with Crippen molar-refractivity contribution < 1.29 is 27.5 Å². The van der Waals surface area contributed by atoms with Crippen molar-refractivity contribution in [2.75, 3.05) is 62.2 Å². The van der Waals surface area contributed by atoms with E-state index in [1.54, 1.807) is 35.3 Å². The van der Waals surface area contributed by atoms with Gasteiger partial charge in [-0.1, -0.05) is 0 Å². The van der Waals surface area contributed by atoms with Gasteiger partial charge in [0, 0.05) is 63.9 Å². The summed E-state index contributed by atoms with van der Waals surface area (Å²) in [5, 5.41) is 0. The van der Waals surface area contributed by atoms with E-state index in [4.69, 9.17) is 4.74 Å². The number of hydrogen-bond acceptors (Lipinski definition) is 7. The van der Waals surface area contributed by atoms with Crippen molar-refractivity contribution in [2.24, 2.45) is 5.92 Å². The number of hydrogen-bond donors (Lipinski definition) is 0. The Balaban J connectivity index is 1.41. The van der Waals surface area contributed by atoms with Crippen molar-refractivity contribution >= 4 is 23.5 Å². The topological polar surface area (TPSA) is 82.1 Å². The molecule has 1 aromatic carbocycles. The standard InChI is InChI=1S/C25H29F3N6O3/c1-2-37-24(36)32-9-7-31(8-10-32)23(35)19-14-17-13-18(25(26,27)28)3-4-20(17)34-12-11-33(16-21(19)34)22-15-29-5-6-30-22/h3-6,13,15,19,21H,2,7-12,14,16H2,1H3. The third-order valence-corrected chi connectivity index (χ3v) is 7.35. The van der Waals surface area contributed by atoms with Crippen molar-refractivity contribution in [2.45, 2.75) is 25.6 Å². The van der Waals surface area contributed by atoms with Crippen molar-refractivity contribution in [3.8, 4) is 0 Å². The van der Waals surface area contributed by atoms with Crippen LogP contribution >= 0.6 is 0 Å². The first-order valence-electron chi connectivity index (χ1n) is 12.4. The Morgan fingerprint density at radius 2 is 1.81 bits per heavy atom. The Labute approximate surface area is 212 Å². The Kier molecular flexibility index (Phi) is 6.82. The van der Waals surface area contributed by atoms with Crippen molar-refractivity contribution in [1.82, 2.24) is 19.8 Å². The normalized spacial score (nSPS) is 21.8. The number of piperazine rings is 2. The first kappa shape index (κ1) is 25.1. The highest BCUT2D eigenvalue weighted by Crippen LogP contribution is 2.40. The number of anilines is 2. The summed E-state index contributed by atoms with van der Waals surface area (Å²) in [7, 11) is 0. The summed E-state index contributed by atoms with van der Waals surface area (Å²) in [6.07, 6.45) is 0.233. The highest BCUT2D eigenvalue weighted by atomic mass is 19.4. The minimum Gasteiger partial charge on any atom is -0.450 e. The zero-order chi connectivity index (χ0) is 26.2. The zero-order valence-electron chi connectivity index (χ0n) is 20.5. The molecular formula is C25H29F3N6O3. The predicted molar refractivity (Wildman–Crippen MR) is 129 cm³/mol. The van der Waals surface area contributed by atoms with E-state index in [0.29, 0.717) is 57.2 Å². The predicted octanol–water partition coefficient (Wildman–Crippen LogP) is 2.66. The largest absolute Gasteiger partial charge is 0.450 e. The van der Waals surface area contributed by atoms with Crippen molar-refractivity contribution in [1.29, 1.82) is 0 Å². The number of halogens is 3. The van der Waals surface area contributed by atoms with E-state index in [-0.39, 0.29) is 25.0 Å². The zero-order valence-corrected chi connectivity index (χ0v) is 20.5. The van der Waals surface area contributed by atoms with Gasteiger partial charge in [-0.25, -0.2) is 9.78 Å². The summed E-state index contributed by atoms with van der Waals surface area (Å²) in [6.45, 7) is 5.07. The van der Waals surface area contributed by atoms with Gasteiger partial charge in [-0.05, 0) is 37.1 Å². The highest BCUT2D eigenvalue weighted by Gasteiger charge is 2.44. The number of nitrogens with zero attached hydrogens (tertiary/aromatic N) is 6. The smallest absolute Gasteiger partial charge is 0.416 e. The summed E-state index contributed by atoms with van der Waals surface area (Å²) < 4.78 is 45.5. The molecule has 0 radical (unpaired) electrons. The van der Waals surface area contributed by atoms with Gasteiger partial charge in [0.15, 0.2) is 0 Å². The Morgan fingerprint density at radius 3 is 2.49 bits per heavy atom. The number of aromatic nitrogens is 2. The van der Waals surface area contributed by atoms with Crippen LogP contribution in [0.15, 0.2) is 36.8 Å². The van der Waals surface area contributed by atoms with Crippen LogP contribution in [0.25, 0.3) is 0 Å². The number of fused-ring (bicyclic) bond motifs is 3.